The Morgan fingerprint density at radius 3 is 2.68 bits per heavy atom. The first-order valence-corrected chi connectivity index (χ1v) is 6.92. The molecule has 0 fully saturated rings. The van der Waals surface area contributed by atoms with Crippen LogP contribution in [0.5, 0.6) is 0 Å². The van der Waals surface area contributed by atoms with Gasteiger partial charge in [-0.05, 0) is 25.5 Å². The van der Waals surface area contributed by atoms with Crippen LogP contribution in [0.3, 0.4) is 0 Å². The van der Waals surface area contributed by atoms with E-state index in [4.69, 9.17) is 0 Å². The van der Waals surface area contributed by atoms with Gasteiger partial charge in [-0.25, -0.2) is 13.9 Å². The Hall–Kier alpha value is -2.89. The Kier molecular flexibility index (Phi) is 3.29. The molecule has 0 amide bonds. The Balaban J connectivity index is 2.29. The van der Waals surface area contributed by atoms with E-state index in [1.807, 2.05) is 32.0 Å². The topological polar surface area (TPSA) is 61.3 Å². The number of allylic oxidation sites excluding steroid dienone is 1. The summed E-state index contributed by atoms with van der Waals surface area (Å²) in [6.07, 6.45) is 4.72. The zero-order valence-electron chi connectivity index (χ0n) is 12.5. The van der Waals surface area contributed by atoms with Crippen molar-refractivity contribution < 1.29 is 0 Å². The maximum Gasteiger partial charge on any atom is 0.350 e. The fraction of sp³-hybridized carbons (Fsp3) is 0.188. The molecule has 0 saturated heterocycles. The van der Waals surface area contributed by atoms with Crippen LogP contribution in [-0.2, 0) is 6.54 Å². The van der Waals surface area contributed by atoms with Gasteiger partial charge < -0.3 is 0 Å². The Morgan fingerprint density at radius 1 is 1.23 bits per heavy atom. The van der Waals surface area contributed by atoms with Crippen LogP contribution in [-0.4, -0.2) is 18.7 Å². The molecule has 0 atom stereocenters. The highest BCUT2D eigenvalue weighted by molar-refractivity contribution is 5.45. The van der Waals surface area contributed by atoms with Crippen LogP contribution in [0.2, 0.25) is 0 Å². The summed E-state index contributed by atoms with van der Waals surface area (Å²) in [4.78, 5) is 24.7. The Labute approximate surface area is 126 Å². The number of aromatic nitrogens is 4. The summed E-state index contributed by atoms with van der Waals surface area (Å²) in [5.74, 6) is 0. The lowest BCUT2D eigenvalue weighted by atomic mass is 10.1. The predicted octanol–water partition coefficient (Wildman–Crippen LogP) is 1.45. The smallest absolute Gasteiger partial charge is 0.279 e. The van der Waals surface area contributed by atoms with Gasteiger partial charge in [-0.3, -0.25) is 9.36 Å². The monoisotopic (exact) mass is 296 g/mol. The maximum atomic E-state index is 12.6. The molecule has 112 valence electrons. The predicted molar refractivity (Wildman–Crippen MR) is 84.7 cm³/mol. The van der Waals surface area contributed by atoms with Gasteiger partial charge in [0.05, 0.1) is 12.2 Å². The van der Waals surface area contributed by atoms with E-state index >= 15 is 0 Å². The minimum atomic E-state index is -0.347. The lowest BCUT2D eigenvalue weighted by molar-refractivity contribution is 0.673. The zero-order chi connectivity index (χ0) is 15.9. The summed E-state index contributed by atoms with van der Waals surface area (Å²) in [6.45, 7) is 7.79. The molecule has 3 rings (SSSR count). The number of hydrogen-bond acceptors (Lipinski definition) is 3. The summed E-state index contributed by atoms with van der Waals surface area (Å²) in [6, 6.07) is 5.84. The molecule has 0 spiro atoms. The first-order chi connectivity index (χ1) is 10.5. The van der Waals surface area contributed by atoms with Crippen molar-refractivity contribution in [3.05, 3.63) is 75.2 Å². The molecule has 6 heteroatoms. The summed E-state index contributed by atoms with van der Waals surface area (Å²) < 4.78 is 3.98. The third kappa shape index (κ3) is 2.09. The fourth-order valence-corrected chi connectivity index (χ4v) is 2.52. The van der Waals surface area contributed by atoms with Crippen LogP contribution in [0.15, 0.2) is 52.8 Å². The molecule has 6 nitrogen and oxygen atoms in total. The second kappa shape index (κ2) is 5.14. The van der Waals surface area contributed by atoms with Gasteiger partial charge in [0.2, 0.25) is 5.65 Å². The summed E-state index contributed by atoms with van der Waals surface area (Å²) in [7, 11) is 0. The van der Waals surface area contributed by atoms with Crippen molar-refractivity contribution in [3.63, 3.8) is 0 Å². The van der Waals surface area contributed by atoms with E-state index < -0.39 is 0 Å². The molecule has 0 aliphatic heterocycles. The minimum absolute atomic E-state index is 0.106. The summed E-state index contributed by atoms with van der Waals surface area (Å²) in [5.41, 5.74) is 2.33. The highest BCUT2D eigenvalue weighted by Gasteiger charge is 2.12. The average molecular weight is 296 g/mol. The molecule has 0 radical (unpaired) electrons. The molecule has 0 saturated carbocycles. The molecule has 0 bridgehead atoms. The summed E-state index contributed by atoms with van der Waals surface area (Å²) in [5, 5.41) is 4.10. The highest BCUT2D eigenvalue weighted by Crippen LogP contribution is 2.13. The molecule has 2 aromatic heterocycles. The van der Waals surface area contributed by atoms with E-state index in [1.165, 1.54) is 13.6 Å². The number of benzene rings is 1. The molecule has 0 unspecified atom stereocenters. The van der Waals surface area contributed by atoms with Crippen molar-refractivity contribution >= 4 is 5.65 Å². The molecule has 2 heterocycles. The van der Waals surface area contributed by atoms with E-state index in [2.05, 4.69) is 11.7 Å². The highest BCUT2D eigenvalue weighted by atomic mass is 16.2. The number of fused-ring (bicyclic) bond motifs is 1. The average Bonchev–Trinajstić information content (AvgIpc) is 2.79. The lowest BCUT2D eigenvalue weighted by Gasteiger charge is -2.09. The third-order valence-electron chi connectivity index (χ3n) is 3.56. The van der Waals surface area contributed by atoms with Crippen molar-refractivity contribution in [2.75, 3.05) is 0 Å². The first-order valence-electron chi connectivity index (χ1n) is 6.92. The van der Waals surface area contributed by atoms with Crippen LogP contribution < -0.4 is 11.2 Å². The number of rotatable bonds is 3. The quantitative estimate of drug-likeness (QED) is 0.687. The van der Waals surface area contributed by atoms with Crippen molar-refractivity contribution in [2.45, 2.75) is 20.4 Å². The van der Waals surface area contributed by atoms with Gasteiger partial charge in [0, 0.05) is 12.4 Å². The van der Waals surface area contributed by atoms with E-state index in [9.17, 15) is 9.59 Å². The lowest BCUT2D eigenvalue weighted by Crippen LogP contribution is -2.24. The molecule has 1 aromatic carbocycles. The van der Waals surface area contributed by atoms with Crippen molar-refractivity contribution in [3.8, 4) is 5.69 Å². The van der Waals surface area contributed by atoms with Gasteiger partial charge in [-0.2, -0.15) is 0 Å². The van der Waals surface area contributed by atoms with E-state index in [0.717, 1.165) is 16.8 Å². The van der Waals surface area contributed by atoms with Gasteiger partial charge in [-0.1, -0.05) is 23.8 Å². The second-order valence-electron chi connectivity index (χ2n) is 5.21. The summed E-state index contributed by atoms with van der Waals surface area (Å²) >= 11 is 0. The molecule has 3 aromatic rings. The van der Waals surface area contributed by atoms with Crippen LogP contribution in [0.1, 0.15) is 11.1 Å². The van der Waals surface area contributed by atoms with Crippen LogP contribution in [0.25, 0.3) is 11.3 Å². The fourth-order valence-electron chi connectivity index (χ4n) is 2.52. The molecular weight excluding hydrogens is 280 g/mol. The van der Waals surface area contributed by atoms with Crippen molar-refractivity contribution in [1.29, 1.82) is 0 Å². The van der Waals surface area contributed by atoms with E-state index in [1.54, 1.807) is 18.5 Å². The van der Waals surface area contributed by atoms with Crippen LogP contribution >= 0.6 is 0 Å². The van der Waals surface area contributed by atoms with Gasteiger partial charge in [-0.15, -0.1) is 11.7 Å². The normalized spacial score (nSPS) is 11.0. The van der Waals surface area contributed by atoms with Crippen molar-refractivity contribution in [1.82, 2.24) is 18.7 Å². The minimum Gasteiger partial charge on any atom is -0.279 e. The number of hydrogen-bond donors (Lipinski definition) is 0. The molecule has 0 aliphatic carbocycles. The molecular formula is C16H16N4O2. The van der Waals surface area contributed by atoms with Gasteiger partial charge >= 0.3 is 11.2 Å². The number of aryl methyl sites for hydroxylation is 2. The zero-order valence-corrected chi connectivity index (χ0v) is 12.5. The van der Waals surface area contributed by atoms with Crippen molar-refractivity contribution in [2.24, 2.45) is 0 Å². The second-order valence-corrected chi connectivity index (χ2v) is 5.21. The third-order valence-corrected chi connectivity index (χ3v) is 3.56. The molecule has 0 aliphatic rings. The molecule has 0 N–H and O–H groups in total. The Bertz CT molecular complexity index is 992. The Morgan fingerprint density at radius 2 is 2.00 bits per heavy atom. The maximum absolute atomic E-state index is 12.6. The van der Waals surface area contributed by atoms with E-state index in [0.29, 0.717) is 0 Å². The van der Waals surface area contributed by atoms with Gasteiger partial charge in [0.1, 0.15) is 0 Å². The van der Waals surface area contributed by atoms with Gasteiger partial charge in [0.15, 0.2) is 0 Å². The molecule has 22 heavy (non-hydrogen) atoms. The van der Waals surface area contributed by atoms with E-state index in [-0.39, 0.29) is 23.4 Å². The number of nitrogens with zero attached hydrogens (tertiary/aromatic N) is 4. The largest absolute Gasteiger partial charge is 0.350 e. The van der Waals surface area contributed by atoms with Crippen LogP contribution in [0, 0.1) is 13.8 Å². The van der Waals surface area contributed by atoms with Crippen LogP contribution in [0.4, 0.5) is 0 Å². The SMILES string of the molecule is C=CCn1nc2c(=O)n(-c3ccc(C)cc3C)ccn2c1=O. The van der Waals surface area contributed by atoms with Gasteiger partial charge in [0.25, 0.3) is 0 Å². The standard InChI is InChI=1S/C16H16N4O2/c1-4-7-20-16(22)19-9-8-18(15(21)14(19)17-20)13-6-5-11(2)10-12(13)3/h4-6,8-10H,1,7H2,2-3H3. The first kappa shape index (κ1) is 14.1.